The van der Waals surface area contributed by atoms with Gasteiger partial charge in [-0.1, -0.05) is 48.5 Å². The van der Waals surface area contributed by atoms with Crippen molar-refractivity contribution in [2.24, 2.45) is 0 Å². The van der Waals surface area contributed by atoms with Gasteiger partial charge in [0.2, 0.25) is 41.9 Å². The summed E-state index contributed by atoms with van der Waals surface area (Å²) in [6.45, 7) is 0. The maximum Gasteiger partial charge on any atom is 0.409 e. The monoisotopic (exact) mass is 440 g/mol. The number of carbonyl (C=O) groups excluding carboxylic acids is 2. The molecule has 3 rings (SSSR count). The Labute approximate surface area is 170 Å². The van der Waals surface area contributed by atoms with Crippen LogP contribution in [0.1, 0.15) is 31.8 Å². The Balaban J connectivity index is 0.000000284. The van der Waals surface area contributed by atoms with Crippen LogP contribution >= 0.6 is 0 Å². The number of fused-ring (bicyclic) bond motifs is 2. The lowest BCUT2D eigenvalue weighted by Gasteiger charge is -2.16. The molecular weight excluding hydrogens is 433 g/mol. The summed E-state index contributed by atoms with van der Waals surface area (Å²) in [5.74, 6) is -0.128. The second-order valence-electron chi connectivity index (χ2n) is 4.32. The van der Waals surface area contributed by atoms with Crippen LogP contribution in [-0.2, 0) is 16.5 Å². The zero-order valence-electron chi connectivity index (χ0n) is 13.1. The van der Waals surface area contributed by atoms with Crippen LogP contribution in [-0.4, -0.2) is 73.5 Å². The van der Waals surface area contributed by atoms with Crippen LogP contribution in [0.5, 0.6) is 0 Å². The first-order valence-corrected chi connectivity index (χ1v) is 9.96. The summed E-state index contributed by atoms with van der Waals surface area (Å²) < 4.78 is 17.0. The van der Waals surface area contributed by atoms with E-state index >= 15 is 0 Å². The van der Waals surface area contributed by atoms with E-state index in [2.05, 4.69) is 58.4 Å². The van der Waals surface area contributed by atoms with Crippen LogP contribution in [0.2, 0.25) is 0 Å². The molecule has 0 saturated carbocycles. The van der Waals surface area contributed by atoms with Gasteiger partial charge >= 0.3 is 20.0 Å². The largest absolute Gasteiger partial charge is 0.435 e. The maximum absolute atomic E-state index is 12.1. The van der Waals surface area contributed by atoms with E-state index in [1.807, 2.05) is 0 Å². The molecule has 2 aromatic rings. The fraction of sp³-hybridized carbons (Fsp3) is 0. The minimum atomic E-state index is -0.0641. The van der Waals surface area contributed by atoms with Crippen molar-refractivity contribution in [1.29, 1.82) is 0 Å². The molecule has 26 heavy (non-hydrogen) atoms. The average molecular weight is 441 g/mol. The van der Waals surface area contributed by atoms with Gasteiger partial charge < -0.3 is 16.5 Å². The Morgan fingerprint density at radius 3 is 0.923 bits per heavy atom. The maximum atomic E-state index is 12.1. The molecule has 1 aliphatic rings. The Morgan fingerprint density at radius 2 is 0.769 bits per heavy atom. The summed E-state index contributed by atoms with van der Waals surface area (Å²) in [6.07, 6.45) is 0. The minimum Gasteiger partial charge on any atom is -0.435 e. The molecule has 0 saturated heterocycles. The van der Waals surface area contributed by atoms with Gasteiger partial charge in [-0.3, -0.25) is 9.59 Å². The molecule has 16 radical (unpaired) electrons. The quantitative estimate of drug-likeness (QED) is 0.528. The van der Waals surface area contributed by atoms with E-state index in [0.717, 1.165) is 0 Å². The Kier molecular flexibility index (Phi) is 11.6. The summed E-state index contributed by atoms with van der Waals surface area (Å²) in [5, 5.41) is 0. The lowest BCUT2D eigenvalue weighted by Crippen LogP contribution is -2.20. The van der Waals surface area contributed by atoms with E-state index in [-0.39, 0.29) is 31.6 Å². The molecule has 12 heteroatoms. The van der Waals surface area contributed by atoms with Gasteiger partial charge in [-0.25, -0.2) is 0 Å². The molecule has 0 atom stereocenters. The topological polar surface area (TPSA) is 71.1 Å². The van der Waals surface area contributed by atoms with E-state index in [4.69, 9.17) is 0 Å². The Bertz CT molecular complexity index is 613. The first kappa shape index (κ1) is 23.0. The summed E-state index contributed by atoms with van der Waals surface area (Å²) >= 11 is 0. The number of carbonyl (C=O) groups is 2. The third kappa shape index (κ3) is 6.58. The molecule has 0 amide bonds. The van der Waals surface area contributed by atoms with Gasteiger partial charge in [-0.2, -0.15) is 0 Å². The van der Waals surface area contributed by atoms with Crippen molar-refractivity contribution in [3.05, 3.63) is 70.8 Å². The van der Waals surface area contributed by atoms with Gasteiger partial charge in [0.1, 0.15) is 0 Å². The van der Waals surface area contributed by atoms with Crippen LogP contribution in [0.3, 0.4) is 0 Å². The third-order valence-electron chi connectivity index (χ3n) is 3.00. The highest BCUT2D eigenvalue weighted by atomic mass is 28.3. The summed E-state index contributed by atoms with van der Waals surface area (Å²) in [5.41, 5.74) is 2.02. The molecule has 6 nitrogen and oxygen atoms in total. The molecule has 0 unspecified atom stereocenters. The number of rotatable bonds is 4. The van der Waals surface area contributed by atoms with Crippen molar-refractivity contribution >= 4 is 73.5 Å². The van der Waals surface area contributed by atoms with Crippen molar-refractivity contribution < 1.29 is 26.0 Å². The first-order valence-electron chi connectivity index (χ1n) is 6.70. The van der Waals surface area contributed by atoms with Crippen molar-refractivity contribution in [1.82, 2.24) is 0 Å². The van der Waals surface area contributed by atoms with E-state index in [1.165, 1.54) is 0 Å². The summed E-state index contributed by atoms with van der Waals surface area (Å²) in [6, 6.07) is 13.9. The normalized spacial score (nSPS) is 11.4. The van der Waals surface area contributed by atoms with Crippen molar-refractivity contribution in [2.75, 3.05) is 0 Å². The van der Waals surface area contributed by atoms with Gasteiger partial charge in [0, 0.05) is 22.3 Å². The molecule has 1 aliphatic carbocycles. The van der Waals surface area contributed by atoms with Gasteiger partial charge in [-0.15, -0.1) is 0 Å². The number of benzene rings is 2. The first-order chi connectivity index (χ1) is 12.6. The van der Waals surface area contributed by atoms with E-state index in [0.29, 0.717) is 22.3 Å². The molecule has 0 heterocycles. The zero-order chi connectivity index (χ0) is 19.4. The average Bonchev–Trinajstić information content (AvgIpc) is 2.68. The molecule has 0 aromatic heterocycles. The molecule has 0 spiro atoms. The van der Waals surface area contributed by atoms with E-state index in [9.17, 15) is 9.59 Å². The van der Waals surface area contributed by atoms with Gasteiger partial charge in [0.15, 0.2) is 11.6 Å². The van der Waals surface area contributed by atoms with Gasteiger partial charge in [-0.05, 0) is 0 Å². The molecule has 124 valence electrons. The van der Waals surface area contributed by atoms with Crippen LogP contribution < -0.4 is 0 Å². The SMILES string of the molecule is O=C1c2ccccc2C(=O)c2ccccc21.[Si]O[Si]O[Si].[Si]O[Si]O[Si]. The standard InChI is InChI=1S/C14H8O2.2O2Si3/c15-13-9-5-1-2-6-10(9)14(16)12-8-4-3-7-11(12)13;2*3-1-5-2-4/h1-8H;;. The number of hydrogen-bond donors (Lipinski definition) is 0. The van der Waals surface area contributed by atoms with Gasteiger partial charge in [0.25, 0.3) is 0 Å². The van der Waals surface area contributed by atoms with Crippen LogP contribution in [0.4, 0.5) is 0 Å². The van der Waals surface area contributed by atoms with Crippen LogP contribution in [0, 0.1) is 0 Å². The second-order valence-corrected chi connectivity index (χ2v) is 7.92. The minimum absolute atomic E-state index is 0.0247. The van der Waals surface area contributed by atoms with E-state index < -0.39 is 0 Å². The third-order valence-corrected chi connectivity index (χ3v) is 4.33. The fourth-order valence-electron chi connectivity index (χ4n) is 2.09. The Hall–Kier alpha value is -1.08. The van der Waals surface area contributed by atoms with Crippen molar-refractivity contribution in [3.8, 4) is 0 Å². The molecule has 0 fully saturated rings. The smallest absolute Gasteiger partial charge is 0.409 e. The number of hydrogen-bond acceptors (Lipinski definition) is 6. The zero-order valence-corrected chi connectivity index (χ0v) is 19.1. The number of ketones is 2. The van der Waals surface area contributed by atoms with Crippen LogP contribution in [0.15, 0.2) is 48.5 Å². The van der Waals surface area contributed by atoms with Gasteiger partial charge in [0.05, 0.1) is 0 Å². The molecule has 0 bridgehead atoms. The van der Waals surface area contributed by atoms with Crippen molar-refractivity contribution in [2.45, 2.75) is 0 Å². The summed E-state index contributed by atoms with van der Waals surface area (Å²) in [4.78, 5) is 24.2. The highest BCUT2D eigenvalue weighted by Crippen LogP contribution is 2.26. The predicted molar refractivity (Wildman–Crippen MR) is 98.6 cm³/mol. The highest BCUT2D eigenvalue weighted by Gasteiger charge is 2.28. The lowest BCUT2D eigenvalue weighted by atomic mass is 9.84. The van der Waals surface area contributed by atoms with Crippen LogP contribution in [0.25, 0.3) is 0 Å². The molecule has 2 aromatic carbocycles. The van der Waals surface area contributed by atoms with E-state index in [1.54, 1.807) is 48.5 Å². The second kappa shape index (κ2) is 13.1. The summed E-state index contributed by atoms with van der Waals surface area (Å²) in [7, 11) is 10.9. The van der Waals surface area contributed by atoms with Crippen molar-refractivity contribution in [3.63, 3.8) is 0 Å². The Morgan fingerprint density at radius 1 is 0.538 bits per heavy atom. The highest BCUT2D eigenvalue weighted by molar-refractivity contribution is 6.33. The lowest BCUT2D eigenvalue weighted by molar-refractivity contribution is 0.0979. The molecule has 0 aliphatic heterocycles. The fourth-order valence-corrected chi connectivity index (χ4v) is 3.17. The predicted octanol–water partition coefficient (Wildman–Crippen LogP) is -0.0964. The molecule has 0 N–H and O–H groups in total. The molecular formula is C14H8O6Si6.